The predicted octanol–water partition coefficient (Wildman–Crippen LogP) is 5.60. The quantitative estimate of drug-likeness (QED) is 0.410. The lowest BCUT2D eigenvalue weighted by Gasteiger charge is -2.25. The molecule has 0 amide bonds. The third-order valence-corrected chi connectivity index (χ3v) is 5.87. The minimum absolute atomic E-state index is 0.0310. The van der Waals surface area contributed by atoms with Crippen LogP contribution in [0.5, 0.6) is 0 Å². The number of halogens is 4. The van der Waals surface area contributed by atoms with Gasteiger partial charge in [0.15, 0.2) is 11.6 Å². The van der Waals surface area contributed by atoms with Crippen LogP contribution in [0.15, 0.2) is 60.9 Å². The van der Waals surface area contributed by atoms with Gasteiger partial charge in [-0.05, 0) is 42.0 Å². The van der Waals surface area contributed by atoms with Crippen LogP contribution in [-0.4, -0.2) is 27.1 Å². The number of alkyl halides is 3. The summed E-state index contributed by atoms with van der Waals surface area (Å²) in [6.07, 6.45) is -1.63. The fourth-order valence-electron chi connectivity index (χ4n) is 3.97. The van der Waals surface area contributed by atoms with E-state index < -0.39 is 29.4 Å². The Morgan fingerprint density at radius 1 is 1.06 bits per heavy atom. The van der Waals surface area contributed by atoms with Crippen molar-refractivity contribution < 1.29 is 27.5 Å². The number of hydrogen-bond acceptors (Lipinski definition) is 4. The van der Waals surface area contributed by atoms with Gasteiger partial charge in [-0.1, -0.05) is 42.5 Å². The van der Waals surface area contributed by atoms with Crippen LogP contribution in [0.1, 0.15) is 47.6 Å². The summed E-state index contributed by atoms with van der Waals surface area (Å²) in [5.74, 6) is -2.02. The molecule has 1 aliphatic rings. The van der Waals surface area contributed by atoms with Gasteiger partial charge in [-0.3, -0.25) is 4.79 Å². The van der Waals surface area contributed by atoms with E-state index in [1.165, 1.54) is 18.5 Å². The molecule has 0 bridgehead atoms. The Hall–Kier alpha value is -3.49. The first-order chi connectivity index (χ1) is 16.2. The van der Waals surface area contributed by atoms with E-state index in [1.807, 2.05) is 6.07 Å². The standard InChI is InChI=1S/C25H23F4N3O2/c26-23-21(12-18(13-22(33)34)17-4-2-1-3-5-17)30-15-31-24(23)32(20-10-11-20)14-16-6-8-19(9-7-16)25(27,28)29/h1-9,15,18,20H,10-14H2,(H,33,34)/t18-/m0/s1. The SMILES string of the molecule is O=C(O)C[C@H](Cc1ncnc(N(Cc2ccc(C(F)(F)F)cc2)C2CC2)c1F)c1ccccc1. The lowest BCUT2D eigenvalue weighted by molar-refractivity contribution is -0.138. The third-order valence-electron chi connectivity index (χ3n) is 5.87. The van der Waals surface area contributed by atoms with Gasteiger partial charge in [-0.2, -0.15) is 13.2 Å². The van der Waals surface area contributed by atoms with E-state index in [0.717, 1.165) is 30.5 Å². The Balaban J connectivity index is 1.59. The highest BCUT2D eigenvalue weighted by atomic mass is 19.4. The Morgan fingerprint density at radius 3 is 2.32 bits per heavy atom. The normalized spacial score (nSPS) is 14.6. The number of carbonyl (C=O) groups is 1. The van der Waals surface area contributed by atoms with Crippen molar-refractivity contribution in [3.8, 4) is 0 Å². The van der Waals surface area contributed by atoms with Crippen molar-refractivity contribution >= 4 is 11.8 Å². The van der Waals surface area contributed by atoms with Crippen LogP contribution in [0.4, 0.5) is 23.4 Å². The Kier molecular flexibility index (Phi) is 6.81. The highest BCUT2D eigenvalue weighted by Crippen LogP contribution is 2.35. The second-order valence-corrected chi connectivity index (χ2v) is 8.42. The number of benzene rings is 2. The molecule has 2 aromatic carbocycles. The molecule has 0 saturated heterocycles. The molecule has 1 heterocycles. The van der Waals surface area contributed by atoms with Crippen molar-refractivity contribution in [2.24, 2.45) is 0 Å². The number of aliphatic carboxylic acids is 1. The number of rotatable bonds is 9. The molecule has 1 aromatic heterocycles. The monoisotopic (exact) mass is 473 g/mol. The van der Waals surface area contributed by atoms with Gasteiger partial charge in [0.05, 0.1) is 17.7 Å². The van der Waals surface area contributed by atoms with E-state index in [0.29, 0.717) is 5.56 Å². The van der Waals surface area contributed by atoms with Gasteiger partial charge in [0, 0.05) is 19.0 Å². The Morgan fingerprint density at radius 2 is 1.74 bits per heavy atom. The van der Waals surface area contributed by atoms with Crippen LogP contribution < -0.4 is 4.90 Å². The van der Waals surface area contributed by atoms with E-state index in [-0.39, 0.29) is 36.9 Å². The van der Waals surface area contributed by atoms with Gasteiger partial charge in [0.25, 0.3) is 0 Å². The minimum Gasteiger partial charge on any atom is -0.481 e. The molecule has 1 N–H and O–H groups in total. The fourth-order valence-corrected chi connectivity index (χ4v) is 3.97. The second kappa shape index (κ2) is 9.79. The molecule has 1 aliphatic carbocycles. The van der Waals surface area contributed by atoms with E-state index in [9.17, 15) is 23.1 Å². The Labute approximate surface area is 194 Å². The van der Waals surface area contributed by atoms with Crippen molar-refractivity contribution in [1.29, 1.82) is 0 Å². The zero-order chi connectivity index (χ0) is 24.3. The first kappa shape index (κ1) is 23.7. The first-order valence-corrected chi connectivity index (χ1v) is 10.9. The van der Waals surface area contributed by atoms with Gasteiger partial charge in [-0.25, -0.2) is 14.4 Å². The number of aromatic nitrogens is 2. The molecule has 0 spiro atoms. The van der Waals surface area contributed by atoms with E-state index in [2.05, 4.69) is 9.97 Å². The summed E-state index contributed by atoms with van der Waals surface area (Å²) in [6, 6.07) is 13.8. The molecule has 0 aliphatic heterocycles. The summed E-state index contributed by atoms with van der Waals surface area (Å²) < 4.78 is 54.2. The molecule has 4 rings (SSSR count). The second-order valence-electron chi connectivity index (χ2n) is 8.42. The first-order valence-electron chi connectivity index (χ1n) is 10.9. The molecular weight excluding hydrogens is 450 g/mol. The van der Waals surface area contributed by atoms with Crippen molar-refractivity contribution in [2.45, 2.75) is 50.4 Å². The zero-order valence-electron chi connectivity index (χ0n) is 18.2. The molecular formula is C25H23F4N3O2. The molecule has 9 heteroatoms. The average Bonchev–Trinajstić information content (AvgIpc) is 3.64. The number of nitrogens with zero attached hydrogens (tertiary/aromatic N) is 3. The number of anilines is 1. The Bertz CT molecular complexity index is 1130. The maximum Gasteiger partial charge on any atom is 0.416 e. The molecule has 178 valence electrons. The van der Waals surface area contributed by atoms with E-state index in [1.54, 1.807) is 29.2 Å². The molecule has 34 heavy (non-hydrogen) atoms. The minimum atomic E-state index is -4.42. The summed E-state index contributed by atoms with van der Waals surface area (Å²) >= 11 is 0. The fraction of sp³-hybridized carbons (Fsp3) is 0.320. The molecule has 0 radical (unpaired) electrons. The van der Waals surface area contributed by atoms with Gasteiger partial charge in [0.2, 0.25) is 0 Å². The van der Waals surface area contributed by atoms with Crippen LogP contribution in [0.3, 0.4) is 0 Å². The van der Waals surface area contributed by atoms with Crippen LogP contribution in [0.25, 0.3) is 0 Å². The van der Waals surface area contributed by atoms with Gasteiger partial charge in [-0.15, -0.1) is 0 Å². The van der Waals surface area contributed by atoms with Crippen LogP contribution >= 0.6 is 0 Å². The number of carboxylic acid groups (broad SMARTS) is 1. The van der Waals surface area contributed by atoms with E-state index >= 15 is 4.39 Å². The van der Waals surface area contributed by atoms with Crippen molar-refractivity contribution in [2.75, 3.05) is 4.90 Å². The van der Waals surface area contributed by atoms with Crippen LogP contribution in [0, 0.1) is 5.82 Å². The maximum absolute atomic E-state index is 15.6. The zero-order valence-corrected chi connectivity index (χ0v) is 18.2. The molecule has 1 fully saturated rings. The van der Waals surface area contributed by atoms with Crippen molar-refractivity contribution in [3.05, 3.63) is 89.1 Å². The topological polar surface area (TPSA) is 66.3 Å². The van der Waals surface area contributed by atoms with Gasteiger partial charge < -0.3 is 10.0 Å². The molecule has 1 atom stereocenters. The number of carboxylic acids is 1. The summed E-state index contributed by atoms with van der Waals surface area (Å²) in [4.78, 5) is 21.4. The summed E-state index contributed by atoms with van der Waals surface area (Å²) in [5.41, 5.74) is 0.744. The van der Waals surface area contributed by atoms with Gasteiger partial charge >= 0.3 is 12.1 Å². The number of hydrogen-bond donors (Lipinski definition) is 1. The largest absolute Gasteiger partial charge is 0.481 e. The lowest BCUT2D eigenvalue weighted by atomic mass is 9.91. The smallest absolute Gasteiger partial charge is 0.416 e. The van der Waals surface area contributed by atoms with Crippen LogP contribution in [-0.2, 0) is 23.9 Å². The summed E-state index contributed by atoms with van der Waals surface area (Å²) in [5, 5.41) is 9.35. The third kappa shape index (κ3) is 5.70. The average molecular weight is 473 g/mol. The van der Waals surface area contributed by atoms with Crippen LogP contribution in [0.2, 0.25) is 0 Å². The highest BCUT2D eigenvalue weighted by Gasteiger charge is 2.34. The molecule has 5 nitrogen and oxygen atoms in total. The molecule has 1 saturated carbocycles. The van der Waals surface area contributed by atoms with Gasteiger partial charge in [0.1, 0.15) is 6.33 Å². The molecule has 3 aromatic rings. The summed E-state index contributed by atoms with van der Waals surface area (Å²) in [7, 11) is 0. The van der Waals surface area contributed by atoms with Crippen molar-refractivity contribution in [3.63, 3.8) is 0 Å². The predicted molar refractivity (Wildman–Crippen MR) is 118 cm³/mol. The lowest BCUT2D eigenvalue weighted by Crippen LogP contribution is -2.28. The molecule has 0 unspecified atom stereocenters. The van der Waals surface area contributed by atoms with E-state index in [4.69, 9.17) is 0 Å². The maximum atomic E-state index is 15.6. The summed E-state index contributed by atoms with van der Waals surface area (Å²) in [6.45, 7) is 0.202. The van der Waals surface area contributed by atoms with Crippen molar-refractivity contribution in [1.82, 2.24) is 9.97 Å². The highest BCUT2D eigenvalue weighted by molar-refractivity contribution is 5.68.